The molecule has 2 fully saturated rings. The van der Waals surface area contributed by atoms with E-state index in [0.717, 1.165) is 0 Å². The SMILES string of the molecule is COC1[C@H](F)CN(C(=O)C2CN(C)NN2)CC1(C)C. The Balaban J connectivity index is 2.04. The Labute approximate surface area is 113 Å². The van der Waals surface area contributed by atoms with Crippen LogP contribution in [0.3, 0.4) is 0 Å². The highest BCUT2D eigenvalue weighted by atomic mass is 19.1. The van der Waals surface area contributed by atoms with Crippen LogP contribution in [0.15, 0.2) is 0 Å². The second-order valence-electron chi connectivity index (χ2n) is 6.07. The molecule has 2 aliphatic rings. The van der Waals surface area contributed by atoms with Gasteiger partial charge < -0.3 is 9.64 Å². The van der Waals surface area contributed by atoms with Crippen molar-refractivity contribution < 1.29 is 13.9 Å². The number of ether oxygens (including phenoxy) is 1. The molecule has 6 nitrogen and oxygen atoms in total. The van der Waals surface area contributed by atoms with Gasteiger partial charge in [0.15, 0.2) is 0 Å². The van der Waals surface area contributed by atoms with Gasteiger partial charge in [-0.15, -0.1) is 0 Å². The molecular formula is C12H23FN4O2. The van der Waals surface area contributed by atoms with E-state index in [9.17, 15) is 9.18 Å². The van der Waals surface area contributed by atoms with E-state index in [2.05, 4.69) is 11.0 Å². The van der Waals surface area contributed by atoms with Crippen molar-refractivity contribution in [2.45, 2.75) is 32.2 Å². The molecule has 0 aromatic rings. The maximum atomic E-state index is 14.2. The predicted molar refractivity (Wildman–Crippen MR) is 68.7 cm³/mol. The maximum absolute atomic E-state index is 14.2. The van der Waals surface area contributed by atoms with Crippen molar-refractivity contribution >= 4 is 5.91 Å². The van der Waals surface area contributed by atoms with Gasteiger partial charge in [-0.1, -0.05) is 13.8 Å². The number of piperidine rings is 1. The molecule has 2 unspecified atom stereocenters. The zero-order chi connectivity index (χ0) is 14.2. The van der Waals surface area contributed by atoms with E-state index in [1.165, 1.54) is 7.11 Å². The molecule has 0 saturated carbocycles. The number of hydrogen-bond donors (Lipinski definition) is 2. The number of amides is 1. The smallest absolute Gasteiger partial charge is 0.242 e. The molecule has 110 valence electrons. The minimum atomic E-state index is -1.15. The Morgan fingerprint density at radius 2 is 2.11 bits per heavy atom. The van der Waals surface area contributed by atoms with Gasteiger partial charge in [0, 0.05) is 32.7 Å². The molecule has 19 heavy (non-hydrogen) atoms. The van der Waals surface area contributed by atoms with Crippen molar-refractivity contribution in [2.75, 3.05) is 33.8 Å². The summed E-state index contributed by atoms with van der Waals surface area (Å²) in [7, 11) is 3.37. The van der Waals surface area contributed by atoms with E-state index in [1.54, 1.807) is 9.91 Å². The van der Waals surface area contributed by atoms with Gasteiger partial charge in [-0.3, -0.25) is 4.79 Å². The highest BCUT2D eigenvalue weighted by Crippen LogP contribution is 2.33. The fourth-order valence-corrected chi connectivity index (χ4v) is 2.99. The number of hydrazine groups is 2. The number of rotatable bonds is 2. The molecule has 2 saturated heterocycles. The number of likely N-dealkylation sites (N-methyl/N-ethyl adjacent to an activating group) is 1. The highest BCUT2D eigenvalue weighted by molar-refractivity contribution is 5.82. The summed E-state index contributed by atoms with van der Waals surface area (Å²) in [6, 6.07) is -0.327. The molecule has 0 aliphatic carbocycles. The lowest BCUT2D eigenvalue weighted by atomic mass is 9.80. The minimum Gasteiger partial charge on any atom is -0.378 e. The summed E-state index contributed by atoms with van der Waals surface area (Å²) >= 11 is 0. The second-order valence-corrected chi connectivity index (χ2v) is 6.07. The molecule has 0 aromatic carbocycles. The van der Waals surface area contributed by atoms with Gasteiger partial charge in [-0.05, 0) is 0 Å². The first kappa shape index (κ1) is 14.6. The molecule has 0 bridgehead atoms. The van der Waals surface area contributed by atoms with Crippen LogP contribution in [0.1, 0.15) is 13.8 Å². The average Bonchev–Trinajstić information content (AvgIpc) is 2.73. The Hall–Kier alpha value is -0.760. The van der Waals surface area contributed by atoms with Crippen LogP contribution < -0.4 is 11.0 Å². The van der Waals surface area contributed by atoms with E-state index in [4.69, 9.17) is 4.74 Å². The zero-order valence-corrected chi connectivity index (χ0v) is 11.9. The largest absolute Gasteiger partial charge is 0.378 e. The molecule has 0 radical (unpaired) electrons. The van der Waals surface area contributed by atoms with Crippen LogP contribution in [0.25, 0.3) is 0 Å². The number of nitrogens with zero attached hydrogens (tertiary/aromatic N) is 2. The van der Waals surface area contributed by atoms with E-state index in [0.29, 0.717) is 13.1 Å². The van der Waals surface area contributed by atoms with Crippen molar-refractivity contribution in [3.63, 3.8) is 0 Å². The molecule has 2 aliphatic heterocycles. The zero-order valence-electron chi connectivity index (χ0n) is 11.9. The van der Waals surface area contributed by atoms with Gasteiger partial charge in [-0.25, -0.2) is 14.8 Å². The Morgan fingerprint density at radius 1 is 1.42 bits per heavy atom. The standard InChI is InChI=1S/C12H23FN4O2/c1-12(2)7-17(5-8(13)10(12)19-4)11(18)9-6-16(3)15-14-9/h8-10,14-15H,5-7H2,1-4H3/t8-,9?,10?/m1/s1. The molecule has 0 spiro atoms. The van der Waals surface area contributed by atoms with E-state index < -0.39 is 12.3 Å². The third-order valence-corrected chi connectivity index (χ3v) is 3.84. The Kier molecular flexibility index (Phi) is 4.10. The molecule has 2 rings (SSSR count). The summed E-state index contributed by atoms with van der Waals surface area (Å²) in [5.74, 6) is -0.0675. The number of likely N-dealkylation sites (tertiary alicyclic amines) is 1. The van der Waals surface area contributed by atoms with Crippen molar-refractivity contribution in [1.82, 2.24) is 20.9 Å². The van der Waals surface area contributed by atoms with Crippen molar-refractivity contribution in [2.24, 2.45) is 5.41 Å². The van der Waals surface area contributed by atoms with E-state index in [-0.39, 0.29) is 23.9 Å². The third kappa shape index (κ3) is 2.89. The van der Waals surface area contributed by atoms with Gasteiger partial charge in [-0.2, -0.15) is 5.53 Å². The summed E-state index contributed by atoms with van der Waals surface area (Å²) < 4.78 is 19.4. The molecule has 2 N–H and O–H groups in total. The molecular weight excluding hydrogens is 251 g/mol. The first-order valence-corrected chi connectivity index (χ1v) is 6.53. The number of halogens is 1. The molecule has 0 aromatic heterocycles. The van der Waals surface area contributed by atoms with E-state index >= 15 is 0 Å². The average molecular weight is 274 g/mol. The number of hydrogen-bond acceptors (Lipinski definition) is 5. The van der Waals surface area contributed by atoms with Gasteiger partial charge >= 0.3 is 0 Å². The lowest BCUT2D eigenvalue weighted by molar-refractivity contribution is -0.148. The molecule has 7 heteroatoms. The van der Waals surface area contributed by atoms with E-state index in [1.807, 2.05) is 20.9 Å². The minimum absolute atomic E-state index is 0.0675. The number of carbonyl (C=O) groups excluding carboxylic acids is 1. The summed E-state index contributed by atoms with van der Waals surface area (Å²) in [6.07, 6.45) is -1.61. The monoisotopic (exact) mass is 274 g/mol. The summed E-state index contributed by atoms with van der Waals surface area (Å²) in [5.41, 5.74) is 5.37. The summed E-state index contributed by atoms with van der Waals surface area (Å²) in [5, 5.41) is 1.79. The Bertz CT molecular complexity index is 353. The lowest BCUT2D eigenvalue weighted by Gasteiger charge is -2.45. The van der Waals surface area contributed by atoms with Gasteiger partial charge in [0.1, 0.15) is 12.2 Å². The first-order chi connectivity index (χ1) is 8.85. The normalized spacial score (nSPS) is 35.6. The van der Waals surface area contributed by atoms with Gasteiger partial charge in [0.25, 0.3) is 0 Å². The fraction of sp³-hybridized carbons (Fsp3) is 0.917. The first-order valence-electron chi connectivity index (χ1n) is 6.53. The fourth-order valence-electron chi connectivity index (χ4n) is 2.99. The number of methoxy groups -OCH3 is 1. The van der Waals surface area contributed by atoms with Crippen LogP contribution in [0.2, 0.25) is 0 Å². The van der Waals surface area contributed by atoms with Gasteiger partial charge in [0.05, 0.1) is 12.6 Å². The van der Waals surface area contributed by atoms with Crippen LogP contribution in [0.5, 0.6) is 0 Å². The topological polar surface area (TPSA) is 56.8 Å². The summed E-state index contributed by atoms with van der Waals surface area (Å²) in [6.45, 7) is 5.04. The van der Waals surface area contributed by atoms with Crippen LogP contribution >= 0.6 is 0 Å². The number of carbonyl (C=O) groups is 1. The molecule has 2 heterocycles. The van der Waals surface area contributed by atoms with Crippen LogP contribution in [0, 0.1) is 5.41 Å². The van der Waals surface area contributed by atoms with Crippen LogP contribution in [-0.4, -0.2) is 67.9 Å². The maximum Gasteiger partial charge on any atom is 0.242 e. The number of alkyl halides is 1. The van der Waals surface area contributed by atoms with Crippen molar-refractivity contribution in [3.05, 3.63) is 0 Å². The molecule has 3 atom stereocenters. The van der Waals surface area contributed by atoms with Crippen molar-refractivity contribution in [1.29, 1.82) is 0 Å². The van der Waals surface area contributed by atoms with Crippen LogP contribution in [0.4, 0.5) is 4.39 Å². The summed E-state index contributed by atoms with van der Waals surface area (Å²) in [4.78, 5) is 14.0. The van der Waals surface area contributed by atoms with Crippen LogP contribution in [-0.2, 0) is 9.53 Å². The third-order valence-electron chi connectivity index (χ3n) is 3.84. The van der Waals surface area contributed by atoms with Gasteiger partial charge in [0.2, 0.25) is 5.91 Å². The number of nitrogens with one attached hydrogen (secondary N) is 2. The predicted octanol–water partition coefficient (Wildman–Crippen LogP) is -0.469. The lowest BCUT2D eigenvalue weighted by Crippen LogP contribution is -2.60. The molecule has 1 amide bonds. The highest BCUT2D eigenvalue weighted by Gasteiger charge is 2.45. The quantitative estimate of drug-likeness (QED) is 0.713. The second kappa shape index (κ2) is 5.32. The van der Waals surface area contributed by atoms with Crippen molar-refractivity contribution in [3.8, 4) is 0 Å². The Morgan fingerprint density at radius 3 is 2.58 bits per heavy atom.